The number of hydrogen-bond donors (Lipinski definition) is 2. The number of nitrogens with zero attached hydrogens (tertiary/aromatic N) is 1. The third kappa shape index (κ3) is 4.72. The predicted molar refractivity (Wildman–Crippen MR) is 111 cm³/mol. The van der Waals surface area contributed by atoms with Crippen LogP contribution in [0.1, 0.15) is 52.9 Å². The second kappa shape index (κ2) is 9.25. The van der Waals surface area contributed by atoms with Crippen LogP contribution in [0.5, 0.6) is 0 Å². The molecule has 8 heteroatoms. The summed E-state index contributed by atoms with van der Waals surface area (Å²) >= 11 is 5.70. The van der Waals surface area contributed by atoms with Gasteiger partial charge in [0.2, 0.25) is 0 Å². The molecule has 1 aromatic carbocycles. The standard InChI is InChI=1S/C22H25ClF3N3O/c1-11-8-12(2)27-10-16(11)28-9-14-4-6-15(7-5-14)29-22(30)17-18(23)21(26)20(25)13(3)19(17)24/h8,10,14-15,28H,4-7,9H2,1-3H3,(H,29,30). The van der Waals surface area contributed by atoms with Gasteiger partial charge in [-0.25, -0.2) is 13.2 Å². The van der Waals surface area contributed by atoms with E-state index in [1.807, 2.05) is 26.1 Å². The van der Waals surface area contributed by atoms with Gasteiger partial charge in [0.1, 0.15) is 5.82 Å². The number of anilines is 1. The van der Waals surface area contributed by atoms with Crippen molar-refractivity contribution in [1.82, 2.24) is 10.3 Å². The first-order chi connectivity index (χ1) is 14.2. The first-order valence-electron chi connectivity index (χ1n) is 9.99. The topological polar surface area (TPSA) is 54.0 Å². The van der Waals surface area contributed by atoms with Crippen LogP contribution in [-0.4, -0.2) is 23.5 Å². The van der Waals surface area contributed by atoms with Crippen molar-refractivity contribution < 1.29 is 18.0 Å². The predicted octanol–water partition coefficient (Wildman–Crippen LogP) is 5.48. The van der Waals surface area contributed by atoms with Crippen molar-refractivity contribution in [3.63, 3.8) is 0 Å². The van der Waals surface area contributed by atoms with Gasteiger partial charge >= 0.3 is 0 Å². The van der Waals surface area contributed by atoms with E-state index >= 15 is 0 Å². The molecule has 2 N–H and O–H groups in total. The largest absolute Gasteiger partial charge is 0.383 e. The molecule has 0 aliphatic heterocycles. The van der Waals surface area contributed by atoms with Crippen LogP contribution in [0.15, 0.2) is 12.3 Å². The number of carbonyl (C=O) groups excluding carboxylic acids is 1. The maximum atomic E-state index is 14.3. The van der Waals surface area contributed by atoms with Gasteiger partial charge in [-0.05, 0) is 64.0 Å². The molecule has 4 nitrogen and oxygen atoms in total. The third-order valence-corrected chi connectivity index (χ3v) is 6.08. The Balaban J connectivity index is 1.55. The number of carbonyl (C=O) groups is 1. The third-order valence-electron chi connectivity index (χ3n) is 5.72. The van der Waals surface area contributed by atoms with Crippen molar-refractivity contribution in [2.75, 3.05) is 11.9 Å². The summed E-state index contributed by atoms with van der Waals surface area (Å²) in [6.45, 7) is 5.86. The van der Waals surface area contributed by atoms with Gasteiger partial charge in [-0.1, -0.05) is 11.6 Å². The zero-order chi connectivity index (χ0) is 22.0. The number of benzene rings is 1. The minimum atomic E-state index is -1.41. The van der Waals surface area contributed by atoms with E-state index in [0.717, 1.165) is 43.3 Å². The fraction of sp³-hybridized carbons (Fsp3) is 0.455. The molecule has 162 valence electrons. The highest BCUT2D eigenvalue weighted by molar-refractivity contribution is 6.34. The number of nitrogens with one attached hydrogen (secondary N) is 2. The average Bonchev–Trinajstić information content (AvgIpc) is 2.71. The van der Waals surface area contributed by atoms with Crippen LogP contribution in [0.25, 0.3) is 0 Å². The van der Waals surface area contributed by atoms with Crippen LogP contribution in [-0.2, 0) is 0 Å². The molecular formula is C22H25ClF3N3O. The minimum absolute atomic E-state index is 0.166. The highest BCUT2D eigenvalue weighted by atomic mass is 35.5. The van der Waals surface area contributed by atoms with Crippen LogP contribution in [0.4, 0.5) is 18.9 Å². The van der Waals surface area contributed by atoms with Crippen molar-refractivity contribution in [1.29, 1.82) is 0 Å². The summed E-state index contributed by atoms with van der Waals surface area (Å²) in [5, 5.41) is 5.32. The number of aromatic nitrogens is 1. The lowest BCUT2D eigenvalue weighted by molar-refractivity contribution is 0.0918. The van der Waals surface area contributed by atoms with Gasteiger partial charge in [0.15, 0.2) is 11.6 Å². The molecule has 1 fully saturated rings. The Kier molecular flexibility index (Phi) is 6.91. The Bertz CT molecular complexity index is 930. The molecular weight excluding hydrogens is 415 g/mol. The van der Waals surface area contributed by atoms with Gasteiger partial charge in [0, 0.05) is 23.8 Å². The summed E-state index contributed by atoms with van der Waals surface area (Å²) in [6, 6.07) is 1.86. The van der Waals surface area contributed by atoms with E-state index in [-0.39, 0.29) is 6.04 Å². The van der Waals surface area contributed by atoms with Crippen molar-refractivity contribution in [2.24, 2.45) is 5.92 Å². The molecule has 1 heterocycles. The van der Waals surface area contributed by atoms with Crippen molar-refractivity contribution in [2.45, 2.75) is 52.5 Å². The maximum absolute atomic E-state index is 14.3. The quantitative estimate of drug-likeness (QED) is 0.479. The molecule has 1 aromatic heterocycles. The molecule has 0 saturated heterocycles. The van der Waals surface area contributed by atoms with Gasteiger partial charge in [0.25, 0.3) is 5.91 Å². The number of hydrogen-bond acceptors (Lipinski definition) is 3. The van der Waals surface area contributed by atoms with E-state index in [4.69, 9.17) is 11.6 Å². The highest BCUT2D eigenvalue weighted by Crippen LogP contribution is 2.30. The van der Waals surface area contributed by atoms with Gasteiger partial charge in [-0.3, -0.25) is 9.78 Å². The van der Waals surface area contributed by atoms with Gasteiger partial charge in [0.05, 0.1) is 22.5 Å². The van der Waals surface area contributed by atoms with E-state index in [1.165, 1.54) is 0 Å². The molecule has 0 bridgehead atoms. The van der Waals surface area contributed by atoms with Crippen LogP contribution in [0.2, 0.25) is 5.02 Å². The molecule has 1 aliphatic rings. The van der Waals surface area contributed by atoms with Crippen LogP contribution in [0, 0.1) is 44.1 Å². The Morgan fingerprint density at radius 1 is 1.10 bits per heavy atom. The number of halogens is 4. The van der Waals surface area contributed by atoms with E-state index < -0.39 is 39.5 Å². The fourth-order valence-corrected chi connectivity index (χ4v) is 4.11. The molecule has 1 saturated carbocycles. The maximum Gasteiger partial charge on any atom is 0.256 e. The number of rotatable bonds is 5. The molecule has 2 aromatic rings. The van der Waals surface area contributed by atoms with Crippen molar-refractivity contribution in [3.05, 3.63) is 57.1 Å². The zero-order valence-electron chi connectivity index (χ0n) is 17.2. The molecule has 0 spiro atoms. The molecule has 0 atom stereocenters. The smallest absolute Gasteiger partial charge is 0.256 e. The monoisotopic (exact) mass is 439 g/mol. The van der Waals surface area contributed by atoms with Gasteiger partial charge in [-0.15, -0.1) is 0 Å². The van der Waals surface area contributed by atoms with Crippen molar-refractivity contribution >= 4 is 23.2 Å². The van der Waals surface area contributed by atoms with Crippen LogP contribution in [0.3, 0.4) is 0 Å². The lowest BCUT2D eigenvalue weighted by Crippen LogP contribution is -2.39. The zero-order valence-corrected chi connectivity index (χ0v) is 18.0. The summed E-state index contributed by atoms with van der Waals surface area (Å²) in [5.41, 5.74) is 1.93. The number of aryl methyl sites for hydroxylation is 2. The van der Waals surface area contributed by atoms with E-state index in [2.05, 4.69) is 15.6 Å². The van der Waals surface area contributed by atoms with E-state index in [9.17, 15) is 18.0 Å². The van der Waals surface area contributed by atoms with E-state index in [1.54, 1.807) is 0 Å². The average molecular weight is 440 g/mol. The number of amides is 1. The lowest BCUT2D eigenvalue weighted by Gasteiger charge is -2.29. The summed E-state index contributed by atoms with van der Waals surface area (Å²) in [7, 11) is 0. The molecule has 0 radical (unpaired) electrons. The Hall–Kier alpha value is -2.28. The van der Waals surface area contributed by atoms with Crippen LogP contribution >= 0.6 is 11.6 Å². The number of pyridine rings is 1. The summed E-state index contributed by atoms with van der Waals surface area (Å²) in [4.78, 5) is 16.8. The van der Waals surface area contributed by atoms with E-state index in [0.29, 0.717) is 18.8 Å². The summed E-state index contributed by atoms with van der Waals surface area (Å²) < 4.78 is 41.8. The Morgan fingerprint density at radius 2 is 1.77 bits per heavy atom. The molecule has 1 amide bonds. The summed E-state index contributed by atoms with van der Waals surface area (Å²) in [6.07, 6.45) is 5.02. The normalized spacial score (nSPS) is 18.9. The summed E-state index contributed by atoms with van der Waals surface area (Å²) in [5.74, 6) is -4.29. The second-order valence-corrected chi connectivity index (χ2v) is 8.35. The first-order valence-corrected chi connectivity index (χ1v) is 10.4. The Morgan fingerprint density at radius 3 is 2.40 bits per heavy atom. The second-order valence-electron chi connectivity index (χ2n) is 7.97. The molecule has 1 aliphatic carbocycles. The minimum Gasteiger partial charge on any atom is -0.383 e. The van der Waals surface area contributed by atoms with Crippen LogP contribution < -0.4 is 10.6 Å². The Labute approximate surface area is 179 Å². The SMILES string of the molecule is Cc1cc(C)c(NCC2CCC(NC(=O)c3c(F)c(C)c(F)c(F)c3Cl)CC2)cn1. The van der Waals surface area contributed by atoms with Gasteiger partial charge in [-0.2, -0.15) is 0 Å². The molecule has 30 heavy (non-hydrogen) atoms. The van der Waals surface area contributed by atoms with Crippen molar-refractivity contribution in [3.8, 4) is 0 Å². The molecule has 3 rings (SSSR count). The fourth-order valence-electron chi connectivity index (χ4n) is 3.85. The van der Waals surface area contributed by atoms with Gasteiger partial charge < -0.3 is 10.6 Å². The first kappa shape index (κ1) is 22.4. The molecule has 0 unspecified atom stereocenters. The lowest BCUT2D eigenvalue weighted by atomic mass is 9.85. The highest BCUT2D eigenvalue weighted by Gasteiger charge is 2.29.